The maximum absolute atomic E-state index is 12.2. The van der Waals surface area contributed by atoms with Crippen LogP contribution in [0.15, 0.2) is 0 Å². The number of hydrogen-bond acceptors (Lipinski definition) is 7. The van der Waals surface area contributed by atoms with Crippen molar-refractivity contribution in [2.75, 3.05) is 33.0 Å². The summed E-state index contributed by atoms with van der Waals surface area (Å²) < 4.78 is 10.3. The largest absolute Gasteiger partial charge is 0.480 e. The molecular formula is C17H29N3O8. The fourth-order valence-electron chi connectivity index (χ4n) is 2.00. The molecule has 3 amide bonds. The van der Waals surface area contributed by atoms with Crippen LogP contribution in [0.25, 0.3) is 0 Å². The Morgan fingerprint density at radius 2 is 1.75 bits per heavy atom. The lowest BCUT2D eigenvalue weighted by atomic mass is 10.0. The molecule has 0 spiro atoms. The molecule has 0 rings (SSSR count). The number of aliphatic carboxylic acids is 1. The van der Waals surface area contributed by atoms with Crippen molar-refractivity contribution in [1.29, 1.82) is 0 Å². The molecule has 11 heteroatoms. The fourth-order valence-corrected chi connectivity index (χ4v) is 2.00. The summed E-state index contributed by atoms with van der Waals surface area (Å²) in [6.07, 6.45) is -0.0133. The zero-order valence-electron chi connectivity index (χ0n) is 16.4. The van der Waals surface area contributed by atoms with Crippen LogP contribution in [0.2, 0.25) is 0 Å². The molecule has 0 aliphatic rings. The third-order valence-electron chi connectivity index (χ3n) is 3.46. The molecule has 0 aromatic carbocycles. The standard InChI is InChI=1S/C17H29N3O8/c1-12(22)10-28-9-8-27-7-6-18-16(26)17(2,3)20-14(23)5-4-13(15(24)25)19-11-21/h11,13H,4-10H2,1-3H3,(H,18,26)(H,19,21)(H,20,23)(H,24,25). The number of carboxylic acids is 1. The van der Waals surface area contributed by atoms with Gasteiger partial charge in [0.15, 0.2) is 5.78 Å². The molecule has 28 heavy (non-hydrogen) atoms. The molecule has 11 nitrogen and oxygen atoms in total. The van der Waals surface area contributed by atoms with E-state index in [4.69, 9.17) is 14.6 Å². The van der Waals surface area contributed by atoms with E-state index in [-0.39, 0.29) is 58.0 Å². The molecule has 1 atom stereocenters. The lowest BCUT2D eigenvalue weighted by Crippen LogP contribution is -2.55. The first-order chi connectivity index (χ1) is 13.1. The Balaban J connectivity index is 4.09. The summed E-state index contributed by atoms with van der Waals surface area (Å²) >= 11 is 0. The van der Waals surface area contributed by atoms with Gasteiger partial charge in [-0.25, -0.2) is 4.79 Å². The highest BCUT2D eigenvalue weighted by atomic mass is 16.5. The van der Waals surface area contributed by atoms with Gasteiger partial charge in [-0.15, -0.1) is 0 Å². The summed E-state index contributed by atoms with van der Waals surface area (Å²) in [5.74, 6) is -2.27. The van der Waals surface area contributed by atoms with Crippen LogP contribution < -0.4 is 16.0 Å². The summed E-state index contributed by atoms with van der Waals surface area (Å²) in [5.41, 5.74) is -1.21. The Hall–Kier alpha value is -2.53. The van der Waals surface area contributed by atoms with Crippen LogP contribution in [0.3, 0.4) is 0 Å². The van der Waals surface area contributed by atoms with E-state index in [2.05, 4.69) is 16.0 Å². The topological polar surface area (TPSA) is 160 Å². The van der Waals surface area contributed by atoms with Crippen LogP contribution in [0, 0.1) is 0 Å². The summed E-state index contributed by atoms with van der Waals surface area (Å²) in [4.78, 5) is 56.0. The van der Waals surface area contributed by atoms with E-state index in [9.17, 15) is 24.0 Å². The first-order valence-electron chi connectivity index (χ1n) is 8.77. The lowest BCUT2D eigenvalue weighted by molar-refractivity contribution is -0.141. The highest BCUT2D eigenvalue weighted by Gasteiger charge is 2.29. The Kier molecular flexibility index (Phi) is 12.4. The van der Waals surface area contributed by atoms with Crippen molar-refractivity contribution in [3.63, 3.8) is 0 Å². The number of rotatable bonds is 16. The maximum Gasteiger partial charge on any atom is 0.326 e. The zero-order chi connectivity index (χ0) is 21.6. The molecule has 4 N–H and O–H groups in total. The second-order valence-electron chi connectivity index (χ2n) is 6.51. The van der Waals surface area contributed by atoms with Gasteiger partial charge in [-0.3, -0.25) is 19.2 Å². The van der Waals surface area contributed by atoms with Gasteiger partial charge in [-0.2, -0.15) is 0 Å². The molecule has 0 fully saturated rings. The van der Waals surface area contributed by atoms with Crippen LogP contribution >= 0.6 is 0 Å². The first-order valence-corrected chi connectivity index (χ1v) is 8.77. The molecular weight excluding hydrogens is 374 g/mol. The minimum Gasteiger partial charge on any atom is -0.480 e. The highest BCUT2D eigenvalue weighted by molar-refractivity contribution is 5.90. The van der Waals surface area contributed by atoms with Gasteiger partial charge < -0.3 is 30.5 Å². The predicted octanol–water partition coefficient (Wildman–Crippen LogP) is -1.40. The maximum atomic E-state index is 12.2. The van der Waals surface area contributed by atoms with E-state index in [1.165, 1.54) is 20.8 Å². The molecule has 0 aliphatic heterocycles. The summed E-state index contributed by atoms with van der Waals surface area (Å²) in [6, 6.07) is -1.17. The summed E-state index contributed by atoms with van der Waals surface area (Å²) in [5, 5.41) is 16.1. The van der Waals surface area contributed by atoms with Gasteiger partial charge >= 0.3 is 5.97 Å². The van der Waals surface area contributed by atoms with Crippen molar-refractivity contribution in [2.24, 2.45) is 0 Å². The molecule has 0 aliphatic carbocycles. The van der Waals surface area contributed by atoms with E-state index in [1.807, 2.05) is 0 Å². The van der Waals surface area contributed by atoms with Crippen LogP contribution in [-0.2, 0) is 33.4 Å². The Morgan fingerprint density at radius 1 is 1.11 bits per heavy atom. The third-order valence-corrected chi connectivity index (χ3v) is 3.46. The SMILES string of the molecule is CC(=O)COCCOCCNC(=O)C(C)(C)NC(=O)CCC(NC=O)C(=O)O. The minimum absolute atomic E-state index is 0.0341. The highest BCUT2D eigenvalue weighted by Crippen LogP contribution is 2.05. The Bertz CT molecular complexity index is 551. The van der Waals surface area contributed by atoms with Crippen molar-refractivity contribution >= 4 is 30.0 Å². The van der Waals surface area contributed by atoms with Crippen molar-refractivity contribution in [1.82, 2.24) is 16.0 Å². The lowest BCUT2D eigenvalue weighted by Gasteiger charge is -2.25. The van der Waals surface area contributed by atoms with Gasteiger partial charge in [0.05, 0.1) is 19.8 Å². The van der Waals surface area contributed by atoms with E-state index >= 15 is 0 Å². The molecule has 0 bridgehead atoms. The van der Waals surface area contributed by atoms with Crippen molar-refractivity contribution in [2.45, 2.75) is 45.2 Å². The van der Waals surface area contributed by atoms with Gasteiger partial charge in [0.2, 0.25) is 18.2 Å². The second-order valence-corrected chi connectivity index (χ2v) is 6.51. The number of Topliss-reactive ketones (excluding diaryl/α,β-unsaturated/α-hetero) is 1. The number of ketones is 1. The Morgan fingerprint density at radius 3 is 2.32 bits per heavy atom. The van der Waals surface area contributed by atoms with Crippen LogP contribution in [0.5, 0.6) is 0 Å². The molecule has 160 valence electrons. The number of nitrogens with one attached hydrogen (secondary N) is 3. The number of hydrogen-bond donors (Lipinski definition) is 4. The summed E-state index contributed by atoms with van der Waals surface area (Å²) in [7, 11) is 0. The number of carbonyl (C=O) groups is 5. The molecule has 1 unspecified atom stereocenters. The van der Waals surface area contributed by atoms with Gasteiger partial charge in [-0.05, 0) is 27.2 Å². The number of carboxylic acid groups (broad SMARTS) is 1. The van der Waals surface area contributed by atoms with Crippen LogP contribution in [0.1, 0.15) is 33.6 Å². The zero-order valence-corrected chi connectivity index (χ0v) is 16.4. The molecule has 0 saturated heterocycles. The van der Waals surface area contributed by atoms with Gasteiger partial charge in [0.25, 0.3) is 0 Å². The Labute approximate surface area is 163 Å². The minimum atomic E-state index is -1.25. The summed E-state index contributed by atoms with van der Waals surface area (Å²) in [6.45, 7) is 5.47. The molecule has 0 radical (unpaired) electrons. The van der Waals surface area contributed by atoms with E-state index in [1.54, 1.807) is 0 Å². The average molecular weight is 403 g/mol. The smallest absolute Gasteiger partial charge is 0.326 e. The van der Waals surface area contributed by atoms with E-state index < -0.39 is 29.4 Å². The number of amides is 3. The van der Waals surface area contributed by atoms with Crippen molar-refractivity contribution < 1.29 is 38.6 Å². The average Bonchev–Trinajstić information content (AvgIpc) is 2.59. The predicted molar refractivity (Wildman–Crippen MR) is 97.4 cm³/mol. The number of ether oxygens (including phenoxy) is 2. The normalized spacial score (nSPS) is 12.0. The first kappa shape index (κ1) is 25.5. The monoisotopic (exact) mass is 403 g/mol. The fraction of sp³-hybridized carbons (Fsp3) is 0.706. The van der Waals surface area contributed by atoms with Crippen molar-refractivity contribution in [3.8, 4) is 0 Å². The van der Waals surface area contributed by atoms with E-state index in [0.29, 0.717) is 0 Å². The molecule has 0 aromatic heterocycles. The van der Waals surface area contributed by atoms with Gasteiger partial charge in [0.1, 0.15) is 18.2 Å². The van der Waals surface area contributed by atoms with Crippen LogP contribution in [-0.4, -0.2) is 79.6 Å². The second kappa shape index (κ2) is 13.6. The molecule has 0 saturated carbocycles. The van der Waals surface area contributed by atoms with Gasteiger partial charge in [0, 0.05) is 13.0 Å². The third kappa shape index (κ3) is 12.0. The molecule has 0 heterocycles. The number of carbonyl (C=O) groups excluding carboxylic acids is 4. The van der Waals surface area contributed by atoms with Gasteiger partial charge in [-0.1, -0.05) is 0 Å². The van der Waals surface area contributed by atoms with E-state index in [0.717, 1.165) is 0 Å². The van der Waals surface area contributed by atoms with Crippen molar-refractivity contribution in [3.05, 3.63) is 0 Å². The van der Waals surface area contributed by atoms with Crippen LogP contribution in [0.4, 0.5) is 0 Å². The quantitative estimate of drug-likeness (QED) is 0.181. The molecule has 0 aromatic rings.